The van der Waals surface area contributed by atoms with Gasteiger partial charge in [0.05, 0.1) is 33.7 Å². The number of fused-ring (bicyclic) bond motifs is 6. The van der Waals surface area contributed by atoms with E-state index in [4.69, 9.17) is 9.97 Å². The Labute approximate surface area is 279 Å². The Morgan fingerprint density at radius 3 is 1.92 bits per heavy atom. The standard InChI is InChI=1S/C42H23N5S/c43-24-29-21-28(41-34(25-44)40(26-11-3-1-4-12-26)45-42(46-41)27-13-5-2-6-14-27)19-20-35(29)47-36-17-9-7-15-30(36)32-23-39-33(22-37(32)47)31-16-8-10-18-38(31)48-39/h1-23H. The minimum absolute atomic E-state index is 0.362. The van der Waals surface area contributed by atoms with E-state index in [9.17, 15) is 10.5 Å². The Kier molecular flexibility index (Phi) is 6.36. The molecule has 6 heteroatoms. The Morgan fingerprint density at radius 2 is 1.17 bits per heavy atom. The van der Waals surface area contributed by atoms with Gasteiger partial charge < -0.3 is 4.57 Å². The lowest BCUT2D eigenvalue weighted by atomic mass is 9.98. The molecule has 0 aliphatic heterocycles. The van der Waals surface area contributed by atoms with Crippen molar-refractivity contribution in [3.63, 3.8) is 0 Å². The third-order valence-corrected chi connectivity index (χ3v) is 10.0. The summed E-state index contributed by atoms with van der Waals surface area (Å²) in [6.07, 6.45) is 0. The number of nitriles is 2. The second kappa shape index (κ2) is 11.0. The molecule has 6 aromatic carbocycles. The molecule has 0 saturated heterocycles. The fourth-order valence-electron chi connectivity index (χ4n) is 6.71. The van der Waals surface area contributed by atoms with Crippen LogP contribution in [0.1, 0.15) is 11.1 Å². The molecular weight excluding hydrogens is 607 g/mol. The number of thiophene rings is 1. The van der Waals surface area contributed by atoms with E-state index in [0.29, 0.717) is 33.9 Å². The van der Waals surface area contributed by atoms with Crippen LogP contribution in [0.4, 0.5) is 0 Å². The summed E-state index contributed by atoms with van der Waals surface area (Å²) in [4.78, 5) is 9.83. The van der Waals surface area contributed by atoms with Gasteiger partial charge in [-0.05, 0) is 36.4 Å². The summed E-state index contributed by atoms with van der Waals surface area (Å²) in [6.45, 7) is 0. The maximum atomic E-state index is 10.6. The summed E-state index contributed by atoms with van der Waals surface area (Å²) in [5, 5.41) is 25.8. The Hall–Kier alpha value is -6.60. The summed E-state index contributed by atoms with van der Waals surface area (Å²) in [6, 6.07) is 51.5. The van der Waals surface area contributed by atoms with Crippen LogP contribution in [-0.4, -0.2) is 14.5 Å². The third-order valence-electron chi connectivity index (χ3n) is 8.90. The molecule has 9 rings (SSSR count). The predicted molar refractivity (Wildman–Crippen MR) is 195 cm³/mol. The van der Waals surface area contributed by atoms with Crippen molar-refractivity contribution in [3.8, 4) is 51.7 Å². The molecule has 0 saturated carbocycles. The summed E-state index contributed by atoms with van der Waals surface area (Å²) in [5.41, 5.74) is 7.06. The number of hydrogen-bond donors (Lipinski definition) is 0. The first-order chi connectivity index (χ1) is 23.7. The molecule has 0 fully saturated rings. The molecule has 3 aromatic heterocycles. The lowest BCUT2D eigenvalue weighted by molar-refractivity contribution is 1.15. The van der Waals surface area contributed by atoms with E-state index in [2.05, 4.69) is 71.3 Å². The highest BCUT2D eigenvalue weighted by Crippen LogP contribution is 2.41. The highest BCUT2D eigenvalue weighted by molar-refractivity contribution is 7.25. The monoisotopic (exact) mass is 629 g/mol. The number of aromatic nitrogens is 3. The summed E-state index contributed by atoms with van der Waals surface area (Å²) < 4.78 is 4.68. The first-order valence-electron chi connectivity index (χ1n) is 15.5. The zero-order valence-electron chi connectivity index (χ0n) is 25.4. The summed E-state index contributed by atoms with van der Waals surface area (Å²) in [5.74, 6) is 0.514. The molecule has 3 heterocycles. The predicted octanol–water partition coefficient (Wildman–Crippen LogP) is 10.7. The second-order valence-electron chi connectivity index (χ2n) is 11.6. The van der Waals surface area contributed by atoms with Crippen molar-refractivity contribution in [2.75, 3.05) is 0 Å². The van der Waals surface area contributed by atoms with Crippen LogP contribution < -0.4 is 0 Å². The minimum atomic E-state index is 0.362. The maximum Gasteiger partial charge on any atom is 0.160 e. The average molecular weight is 630 g/mol. The van der Waals surface area contributed by atoms with Crippen LogP contribution in [0.15, 0.2) is 140 Å². The van der Waals surface area contributed by atoms with Gasteiger partial charge in [0.25, 0.3) is 0 Å². The Bertz CT molecular complexity index is 2800. The van der Waals surface area contributed by atoms with E-state index in [1.165, 1.54) is 20.2 Å². The van der Waals surface area contributed by atoms with E-state index in [1.54, 1.807) is 11.3 Å². The van der Waals surface area contributed by atoms with Crippen molar-refractivity contribution >= 4 is 53.3 Å². The maximum absolute atomic E-state index is 10.6. The van der Waals surface area contributed by atoms with Crippen molar-refractivity contribution in [3.05, 3.63) is 151 Å². The molecule has 0 aliphatic carbocycles. The zero-order valence-corrected chi connectivity index (χ0v) is 26.2. The molecular formula is C42H23N5S. The molecule has 0 unspecified atom stereocenters. The van der Waals surface area contributed by atoms with Crippen LogP contribution in [0, 0.1) is 22.7 Å². The molecule has 0 bridgehead atoms. The highest BCUT2D eigenvalue weighted by atomic mass is 32.1. The van der Waals surface area contributed by atoms with E-state index < -0.39 is 0 Å². The van der Waals surface area contributed by atoms with E-state index in [-0.39, 0.29) is 0 Å². The van der Waals surface area contributed by atoms with Gasteiger partial charge in [0, 0.05) is 47.6 Å². The Morgan fingerprint density at radius 1 is 0.500 bits per heavy atom. The van der Waals surface area contributed by atoms with E-state index in [1.807, 2.05) is 84.9 Å². The highest BCUT2D eigenvalue weighted by Gasteiger charge is 2.21. The van der Waals surface area contributed by atoms with Gasteiger partial charge in [0.15, 0.2) is 5.82 Å². The zero-order chi connectivity index (χ0) is 32.2. The Balaban J connectivity index is 1.30. The van der Waals surface area contributed by atoms with Gasteiger partial charge in [-0.2, -0.15) is 10.5 Å². The topological polar surface area (TPSA) is 78.3 Å². The van der Waals surface area contributed by atoms with Crippen molar-refractivity contribution < 1.29 is 0 Å². The molecule has 0 N–H and O–H groups in total. The molecule has 0 amide bonds. The van der Waals surface area contributed by atoms with Crippen LogP contribution in [0.2, 0.25) is 0 Å². The van der Waals surface area contributed by atoms with E-state index >= 15 is 0 Å². The largest absolute Gasteiger partial charge is 0.308 e. The molecule has 222 valence electrons. The number of hydrogen-bond acceptors (Lipinski definition) is 5. The summed E-state index contributed by atoms with van der Waals surface area (Å²) >= 11 is 1.80. The molecule has 5 nitrogen and oxygen atoms in total. The van der Waals surface area contributed by atoms with Crippen molar-refractivity contribution in [1.29, 1.82) is 10.5 Å². The van der Waals surface area contributed by atoms with Crippen molar-refractivity contribution in [1.82, 2.24) is 14.5 Å². The fraction of sp³-hybridized carbons (Fsp3) is 0. The van der Waals surface area contributed by atoms with Crippen LogP contribution in [0.3, 0.4) is 0 Å². The van der Waals surface area contributed by atoms with Crippen molar-refractivity contribution in [2.45, 2.75) is 0 Å². The van der Waals surface area contributed by atoms with Crippen LogP contribution in [0.5, 0.6) is 0 Å². The molecule has 9 aromatic rings. The normalized spacial score (nSPS) is 11.3. The quantitative estimate of drug-likeness (QED) is 0.194. The first-order valence-corrected chi connectivity index (χ1v) is 16.4. The first kappa shape index (κ1) is 27.7. The number of nitrogens with zero attached hydrogens (tertiary/aromatic N) is 5. The number of para-hydroxylation sites is 1. The van der Waals surface area contributed by atoms with Crippen LogP contribution in [-0.2, 0) is 0 Å². The smallest absolute Gasteiger partial charge is 0.160 e. The minimum Gasteiger partial charge on any atom is -0.308 e. The fourth-order valence-corrected chi connectivity index (χ4v) is 7.84. The number of rotatable bonds is 4. The average Bonchev–Trinajstić information content (AvgIpc) is 3.68. The van der Waals surface area contributed by atoms with Gasteiger partial charge in [0.1, 0.15) is 17.7 Å². The van der Waals surface area contributed by atoms with Crippen molar-refractivity contribution in [2.24, 2.45) is 0 Å². The van der Waals surface area contributed by atoms with Gasteiger partial charge >= 0.3 is 0 Å². The lowest BCUT2D eigenvalue weighted by Crippen LogP contribution is -2.02. The van der Waals surface area contributed by atoms with Gasteiger partial charge in [-0.25, -0.2) is 9.97 Å². The number of benzene rings is 6. The van der Waals surface area contributed by atoms with Crippen LogP contribution >= 0.6 is 11.3 Å². The lowest BCUT2D eigenvalue weighted by Gasteiger charge is -2.14. The molecule has 48 heavy (non-hydrogen) atoms. The van der Waals surface area contributed by atoms with Gasteiger partial charge in [-0.15, -0.1) is 11.3 Å². The summed E-state index contributed by atoms with van der Waals surface area (Å²) in [7, 11) is 0. The second-order valence-corrected chi connectivity index (χ2v) is 12.7. The van der Waals surface area contributed by atoms with Gasteiger partial charge in [0.2, 0.25) is 0 Å². The van der Waals surface area contributed by atoms with E-state index in [0.717, 1.165) is 38.6 Å². The molecule has 0 atom stereocenters. The molecule has 0 aliphatic rings. The van der Waals surface area contributed by atoms with Gasteiger partial charge in [-0.1, -0.05) is 103 Å². The van der Waals surface area contributed by atoms with Gasteiger partial charge in [-0.3, -0.25) is 0 Å². The molecule has 0 spiro atoms. The van der Waals surface area contributed by atoms with Crippen LogP contribution in [0.25, 0.3) is 81.6 Å². The third kappa shape index (κ3) is 4.29. The molecule has 0 radical (unpaired) electrons. The SMILES string of the molecule is N#Cc1cc(-c2nc(-c3ccccc3)nc(-c3ccccc3)c2C#N)ccc1-n1c2ccccc2c2cc3sc4ccccc4c3cc21.